The minimum atomic E-state index is -1.13. The maximum absolute atomic E-state index is 13.4. The molecule has 43 heavy (non-hydrogen) atoms. The number of carbonyl (C=O) groups excluding carboxylic acids is 6. The first-order valence-corrected chi connectivity index (χ1v) is 14.8. The highest BCUT2D eigenvalue weighted by molar-refractivity contribution is 7.99. The van der Waals surface area contributed by atoms with Crippen LogP contribution in [0, 0.1) is 5.92 Å². The molecule has 0 saturated carbocycles. The second-order valence-electron chi connectivity index (χ2n) is 10.7. The van der Waals surface area contributed by atoms with Crippen molar-refractivity contribution in [1.29, 1.82) is 0 Å². The molecule has 2 aliphatic heterocycles. The number of H-pyrrole nitrogens is 1. The average Bonchev–Trinajstić information content (AvgIpc) is 3.45. The Hall–Kier alpha value is -4.40. The third kappa shape index (κ3) is 9.84. The highest BCUT2D eigenvalue weighted by Crippen LogP contribution is 2.20. The molecular formula is C28H38N8O6S. The number of aromatic amines is 1. The summed E-state index contributed by atoms with van der Waals surface area (Å²) in [6, 6.07) is 1.85. The molecule has 2 bridgehead atoms. The van der Waals surface area contributed by atoms with Gasteiger partial charge in [-0.2, -0.15) is 0 Å². The number of rotatable bonds is 5. The molecular weight excluding hydrogens is 576 g/mol. The number of carbonyl (C=O) groups is 6. The van der Waals surface area contributed by atoms with Crippen LogP contribution in [0.15, 0.2) is 41.7 Å². The number of nitrogens with zero attached hydrogens (tertiary/aromatic N) is 1. The molecule has 0 unspecified atom stereocenters. The molecule has 1 aromatic heterocycles. The van der Waals surface area contributed by atoms with Crippen LogP contribution in [0.5, 0.6) is 0 Å². The van der Waals surface area contributed by atoms with Crippen molar-refractivity contribution >= 4 is 47.2 Å². The summed E-state index contributed by atoms with van der Waals surface area (Å²) < 4.78 is 0. The van der Waals surface area contributed by atoms with Crippen molar-refractivity contribution < 1.29 is 28.8 Å². The van der Waals surface area contributed by atoms with Crippen molar-refractivity contribution in [3.63, 3.8) is 0 Å². The summed E-state index contributed by atoms with van der Waals surface area (Å²) in [5.41, 5.74) is 6.85. The van der Waals surface area contributed by atoms with Gasteiger partial charge >= 0.3 is 0 Å². The van der Waals surface area contributed by atoms with Crippen LogP contribution in [0.3, 0.4) is 0 Å². The Morgan fingerprint density at radius 3 is 2.28 bits per heavy atom. The predicted molar refractivity (Wildman–Crippen MR) is 158 cm³/mol. The molecule has 1 aromatic carbocycles. The fourth-order valence-corrected chi connectivity index (χ4v) is 5.27. The van der Waals surface area contributed by atoms with Gasteiger partial charge in [0.2, 0.25) is 35.4 Å². The summed E-state index contributed by atoms with van der Waals surface area (Å²) in [7, 11) is 0. The topological polar surface area (TPSA) is 217 Å². The number of hydrogen-bond donors (Lipinski definition) is 7. The second kappa shape index (κ2) is 15.2. The number of hydrogen-bond acceptors (Lipinski definition) is 8. The van der Waals surface area contributed by atoms with Crippen molar-refractivity contribution in [2.75, 3.05) is 5.75 Å². The zero-order valence-electron chi connectivity index (χ0n) is 24.4. The SMILES string of the molecule is CC(=O)N[C@H]1Cc2ccc(cc2)SC[C@@H](C(N)=O)NC(=O)[C@H](C(C)C)NC(=O)[C@H](C)NC(=O)[C@H](Cc2cnc[nH]2)NC1=O. The van der Waals surface area contributed by atoms with Gasteiger partial charge in [0.15, 0.2) is 0 Å². The van der Waals surface area contributed by atoms with E-state index in [9.17, 15) is 28.8 Å². The summed E-state index contributed by atoms with van der Waals surface area (Å²) in [6.07, 6.45) is 3.09. The highest BCUT2D eigenvalue weighted by Gasteiger charge is 2.32. The largest absolute Gasteiger partial charge is 0.368 e. The molecule has 2 aliphatic rings. The van der Waals surface area contributed by atoms with E-state index in [0.29, 0.717) is 5.69 Å². The van der Waals surface area contributed by atoms with Crippen LogP contribution < -0.4 is 32.3 Å². The Labute approximate surface area is 253 Å². The lowest BCUT2D eigenvalue weighted by atomic mass is 10.0. The van der Waals surface area contributed by atoms with Crippen LogP contribution in [0.25, 0.3) is 0 Å². The Morgan fingerprint density at radius 2 is 1.70 bits per heavy atom. The first kappa shape index (κ1) is 33.1. The van der Waals surface area contributed by atoms with E-state index < -0.39 is 65.7 Å². The molecule has 0 saturated heterocycles. The molecule has 0 aliphatic carbocycles. The van der Waals surface area contributed by atoms with E-state index >= 15 is 0 Å². The zero-order valence-corrected chi connectivity index (χ0v) is 25.2. The number of fused-ring (bicyclic) bond motifs is 17. The maximum atomic E-state index is 13.4. The van der Waals surface area contributed by atoms with E-state index in [1.165, 1.54) is 38.1 Å². The lowest BCUT2D eigenvalue weighted by Crippen LogP contribution is -2.60. The molecule has 0 radical (unpaired) electrons. The van der Waals surface area contributed by atoms with Gasteiger partial charge in [-0.1, -0.05) is 26.0 Å². The number of amides is 6. The smallest absolute Gasteiger partial charge is 0.243 e. The molecule has 3 heterocycles. The van der Waals surface area contributed by atoms with Crippen LogP contribution in [0.4, 0.5) is 0 Å². The van der Waals surface area contributed by atoms with Crippen molar-refractivity contribution in [3.05, 3.63) is 48.0 Å². The van der Waals surface area contributed by atoms with Gasteiger partial charge in [0, 0.05) is 42.3 Å². The minimum Gasteiger partial charge on any atom is -0.368 e. The summed E-state index contributed by atoms with van der Waals surface area (Å²) in [6.45, 7) is 6.18. The third-order valence-electron chi connectivity index (χ3n) is 6.74. The first-order valence-electron chi connectivity index (χ1n) is 13.8. The Bertz CT molecular complexity index is 1320. The minimum absolute atomic E-state index is 0.0240. The molecule has 6 amide bonds. The van der Waals surface area contributed by atoms with Gasteiger partial charge < -0.3 is 37.3 Å². The molecule has 4 rings (SSSR count). The Balaban J connectivity index is 1.96. The van der Waals surface area contributed by atoms with E-state index in [0.717, 1.165) is 10.5 Å². The van der Waals surface area contributed by atoms with Gasteiger partial charge in [0.25, 0.3) is 0 Å². The van der Waals surface area contributed by atoms with E-state index in [-0.39, 0.29) is 24.5 Å². The molecule has 8 N–H and O–H groups in total. The normalized spacial score (nSPS) is 24.3. The lowest BCUT2D eigenvalue weighted by Gasteiger charge is -2.27. The van der Waals surface area contributed by atoms with Crippen molar-refractivity contribution in [1.82, 2.24) is 36.6 Å². The van der Waals surface area contributed by atoms with Gasteiger partial charge in [0.05, 0.1) is 6.33 Å². The molecule has 0 spiro atoms. The summed E-state index contributed by atoms with van der Waals surface area (Å²) in [5.74, 6) is -3.89. The average molecular weight is 615 g/mol. The predicted octanol–water partition coefficient (Wildman–Crippen LogP) is -1.09. The highest BCUT2D eigenvalue weighted by atomic mass is 32.2. The van der Waals surface area contributed by atoms with Crippen LogP contribution in [0.2, 0.25) is 0 Å². The van der Waals surface area contributed by atoms with Crippen molar-refractivity contribution in [2.45, 2.75) is 75.6 Å². The molecule has 5 atom stereocenters. The summed E-state index contributed by atoms with van der Waals surface area (Å²) in [4.78, 5) is 84.8. The van der Waals surface area contributed by atoms with Crippen LogP contribution >= 0.6 is 11.8 Å². The van der Waals surface area contributed by atoms with E-state index in [1.54, 1.807) is 38.1 Å². The number of benzene rings is 1. The fourth-order valence-electron chi connectivity index (χ4n) is 4.34. The molecule has 0 fully saturated rings. The fraction of sp³-hybridized carbons (Fsp3) is 0.464. The van der Waals surface area contributed by atoms with Crippen LogP contribution in [-0.2, 0) is 41.6 Å². The van der Waals surface area contributed by atoms with Crippen LogP contribution in [0.1, 0.15) is 39.0 Å². The standard InChI is InChI=1S/C28H38N8O6S/c1-14(2)23-28(42)35-22(24(29)38)12-43-19-7-5-17(6-8-19)9-20(33-16(4)37)27(41)34-21(10-18-11-30-13-31-18)26(40)32-15(3)25(39)36-23/h5-8,11,13-15,20-23H,9-10,12H2,1-4H3,(H2,29,38)(H,30,31)(H,32,40)(H,33,37)(H,34,41)(H,35,42)(H,36,39)/t15-,20-,21-,22-,23-/m0/s1. The van der Waals surface area contributed by atoms with E-state index in [2.05, 4.69) is 36.6 Å². The zero-order chi connectivity index (χ0) is 31.7. The van der Waals surface area contributed by atoms with Crippen LogP contribution in [-0.4, -0.2) is 81.4 Å². The number of nitrogens with one attached hydrogen (secondary N) is 6. The van der Waals surface area contributed by atoms with Crippen molar-refractivity contribution in [2.24, 2.45) is 11.7 Å². The van der Waals surface area contributed by atoms with Gasteiger partial charge in [-0.25, -0.2) is 4.98 Å². The van der Waals surface area contributed by atoms with Gasteiger partial charge in [0.1, 0.15) is 30.2 Å². The molecule has 15 heteroatoms. The van der Waals surface area contributed by atoms with Gasteiger partial charge in [-0.05, 0) is 30.5 Å². The molecule has 2 aromatic rings. The lowest BCUT2D eigenvalue weighted by molar-refractivity contribution is -0.135. The first-order chi connectivity index (χ1) is 20.3. The monoisotopic (exact) mass is 614 g/mol. The Kier molecular flexibility index (Phi) is 11.7. The Morgan fingerprint density at radius 1 is 1.00 bits per heavy atom. The number of imidazole rings is 1. The van der Waals surface area contributed by atoms with E-state index in [1.807, 2.05) is 0 Å². The third-order valence-corrected chi connectivity index (χ3v) is 7.85. The van der Waals surface area contributed by atoms with Gasteiger partial charge in [-0.3, -0.25) is 28.8 Å². The quantitative estimate of drug-likeness (QED) is 0.205. The second-order valence-corrected chi connectivity index (χ2v) is 11.8. The van der Waals surface area contributed by atoms with Crippen molar-refractivity contribution in [3.8, 4) is 0 Å². The van der Waals surface area contributed by atoms with Gasteiger partial charge in [-0.15, -0.1) is 11.8 Å². The summed E-state index contributed by atoms with van der Waals surface area (Å²) in [5, 5.41) is 13.2. The number of nitrogens with two attached hydrogens (primary N) is 1. The number of aromatic nitrogens is 2. The maximum Gasteiger partial charge on any atom is 0.243 e. The number of primary amides is 1. The molecule has 232 valence electrons. The number of thioether (sulfide) groups is 1. The molecule has 14 nitrogen and oxygen atoms in total. The summed E-state index contributed by atoms with van der Waals surface area (Å²) >= 11 is 1.29. The van der Waals surface area contributed by atoms with E-state index in [4.69, 9.17) is 5.73 Å².